The average molecular weight is 256 g/mol. The molecular weight excluding hydrogens is 236 g/mol. The molecule has 2 rings (SSSR count). The van der Waals surface area contributed by atoms with E-state index < -0.39 is 5.97 Å². The first-order valence-corrected chi connectivity index (χ1v) is 6.46. The first-order valence-electron chi connectivity index (χ1n) is 6.46. The number of rotatable bonds is 4. The van der Waals surface area contributed by atoms with Crippen molar-refractivity contribution in [3.05, 3.63) is 0 Å². The number of carboxylic acids is 1. The van der Waals surface area contributed by atoms with Gasteiger partial charge in [-0.1, -0.05) is 0 Å². The number of carboxylic acid groups (broad SMARTS) is 1. The van der Waals surface area contributed by atoms with Crippen LogP contribution in [-0.4, -0.2) is 60.8 Å². The molecule has 2 atom stereocenters. The van der Waals surface area contributed by atoms with Crippen LogP contribution in [0, 0.1) is 5.92 Å². The van der Waals surface area contributed by atoms with Gasteiger partial charge in [0.15, 0.2) is 0 Å². The normalized spacial score (nSPS) is 28.3. The Balaban J connectivity index is 1.90. The van der Waals surface area contributed by atoms with Gasteiger partial charge in [-0.3, -0.25) is 9.59 Å². The summed E-state index contributed by atoms with van der Waals surface area (Å²) >= 11 is 0. The molecule has 0 aromatic heterocycles. The number of ether oxygens (including phenoxy) is 1. The fraction of sp³-hybridized carbons (Fsp3) is 0.833. The van der Waals surface area contributed by atoms with Gasteiger partial charge in [0.2, 0.25) is 5.91 Å². The van der Waals surface area contributed by atoms with Crippen LogP contribution in [0.3, 0.4) is 0 Å². The van der Waals surface area contributed by atoms with Gasteiger partial charge in [0.25, 0.3) is 0 Å². The van der Waals surface area contributed by atoms with Crippen LogP contribution in [0.2, 0.25) is 0 Å². The van der Waals surface area contributed by atoms with Crippen molar-refractivity contribution in [2.45, 2.75) is 25.3 Å². The molecule has 2 N–H and O–H groups in total. The number of morpholine rings is 1. The Hall–Kier alpha value is -1.14. The first kappa shape index (κ1) is 13.3. The summed E-state index contributed by atoms with van der Waals surface area (Å²) in [6, 6.07) is -0.307. The van der Waals surface area contributed by atoms with Crippen LogP contribution in [0.4, 0.5) is 0 Å². The van der Waals surface area contributed by atoms with Gasteiger partial charge in [-0.25, -0.2) is 0 Å². The molecule has 2 aliphatic heterocycles. The molecule has 0 spiro atoms. The molecule has 102 valence electrons. The van der Waals surface area contributed by atoms with E-state index in [4.69, 9.17) is 9.84 Å². The van der Waals surface area contributed by atoms with Gasteiger partial charge < -0.3 is 20.1 Å². The van der Waals surface area contributed by atoms with E-state index in [9.17, 15) is 9.59 Å². The maximum absolute atomic E-state index is 12.2. The van der Waals surface area contributed by atoms with Gasteiger partial charge >= 0.3 is 5.97 Å². The van der Waals surface area contributed by atoms with Gasteiger partial charge in [0.05, 0.1) is 25.7 Å². The second kappa shape index (κ2) is 6.15. The molecule has 0 saturated carbocycles. The van der Waals surface area contributed by atoms with Crippen molar-refractivity contribution in [1.82, 2.24) is 10.2 Å². The van der Waals surface area contributed by atoms with Gasteiger partial charge in [-0.05, 0) is 25.4 Å². The third kappa shape index (κ3) is 3.43. The quantitative estimate of drug-likeness (QED) is 0.721. The van der Waals surface area contributed by atoms with E-state index in [2.05, 4.69) is 5.32 Å². The summed E-state index contributed by atoms with van der Waals surface area (Å²) in [6.45, 7) is 3.21. The Morgan fingerprint density at radius 3 is 2.89 bits per heavy atom. The summed E-state index contributed by atoms with van der Waals surface area (Å²) in [4.78, 5) is 24.7. The molecule has 2 unspecified atom stereocenters. The highest BCUT2D eigenvalue weighted by Crippen LogP contribution is 2.18. The lowest BCUT2D eigenvalue weighted by molar-refractivity contribution is -0.146. The highest BCUT2D eigenvalue weighted by Gasteiger charge is 2.30. The minimum Gasteiger partial charge on any atom is -0.481 e. The number of nitrogens with zero attached hydrogens (tertiary/aromatic N) is 1. The van der Waals surface area contributed by atoms with Crippen molar-refractivity contribution in [3.63, 3.8) is 0 Å². The van der Waals surface area contributed by atoms with E-state index >= 15 is 0 Å². The summed E-state index contributed by atoms with van der Waals surface area (Å²) in [7, 11) is 0. The Bertz CT molecular complexity index is 315. The monoisotopic (exact) mass is 256 g/mol. The molecule has 1 amide bonds. The number of carbonyl (C=O) groups is 2. The Labute approximate surface area is 106 Å². The second-order valence-electron chi connectivity index (χ2n) is 4.98. The molecule has 2 aliphatic rings. The summed E-state index contributed by atoms with van der Waals surface area (Å²) < 4.78 is 5.26. The van der Waals surface area contributed by atoms with Crippen molar-refractivity contribution in [2.75, 3.05) is 32.8 Å². The van der Waals surface area contributed by atoms with Crippen LogP contribution in [0.15, 0.2) is 0 Å². The number of aliphatic carboxylic acids is 1. The number of hydrogen-bond donors (Lipinski definition) is 2. The van der Waals surface area contributed by atoms with Gasteiger partial charge in [-0.2, -0.15) is 0 Å². The zero-order chi connectivity index (χ0) is 13.0. The fourth-order valence-electron chi connectivity index (χ4n) is 2.61. The van der Waals surface area contributed by atoms with Crippen molar-refractivity contribution >= 4 is 11.9 Å². The van der Waals surface area contributed by atoms with Crippen LogP contribution >= 0.6 is 0 Å². The van der Waals surface area contributed by atoms with Crippen molar-refractivity contribution in [3.8, 4) is 0 Å². The third-order valence-electron chi connectivity index (χ3n) is 3.58. The van der Waals surface area contributed by atoms with E-state index in [1.807, 2.05) is 0 Å². The van der Waals surface area contributed by atoms with Gasteiger partial charge in [0.1, 0.15) is 0 Å². The summed E-state index contributed by atoms with van der Waals surface area (Å²) in [5.74, 6) is -0.421. The first-order chi connectivity index (χ1) is 8.66. The maximum atomic E-state index is 12.2. The summed E-state index contributed by atoms with van der Waals surface area (Å²) in [5.41, 5.74) is 0. The molecule has 6 heteroatoms. The van der Waals surface area contributed by atoms with Crippen LogP contribution in [0.1, 0.15) is 19.3 Å². The largest absolute Gasteiger partial charge is 0.481 e. The molecule has 2 fully saturated rings. The Morgan fingerprint density at radius 2 is 2.22 bits per heavy atom. The molecular formula is C12H20N2O4. The smallest absolute Gasteiger partial charge is 0.305 e. The van der Waals surface area contributed by atoms with Gasteiger partial charge in [0, 0.05) is 13.0 Å². The average Bonchev–Trinajstić information content (AvgIpc) is 2.81. The second-order valence-corrected chi connectivity index (χ2v) is 4.98. The number of amides is 1. The molecule has 2 saturated heterocycles. The van der Waals surface area contributed by atoms with E-state index in [0.717, 1.165) is 19.5 Å². The predicted molar refractivity (Wildman–Crippen MR) is 64.2 cm³/mol. The molecule has 0 bridgehead atoms. The molecule has 0 aromatic rings. The van der Waals surface area contributed by atoms with Crippen LogP contribution in [0.25, 0.3) is 0 Å². The van der Waals surface area contributed by atoms with Crippen LogP contribution in [-0.2, 0) is 14.3 Å². The standard InChI is InChI=1S/C12H20N2O4/c15-11(5-9-1-2-13-7-9)14-3-4-18-8-10(14)6-12(16)17/h9-10,13H,1-8H2,(H,16,17). The lowest BCUT2D eigenvalue weighted by Crippen LogP contribution is -2.50. The molecule has 0 radical (unpaired) electrons. The SMILES string of the molecule is O=C(O)CC1COCCN1C(=O)CC1CCNC1. The zero-order valence-electron chi connectivity index (χ0n) is 10.4. The van der Waals surface area contributed by atoms with E-state index in [0.29, 0.717) is 32.1 Å². The number of hydrogen-bond acceptors (Lipinski definition) is 4. The van der Waals surface area contributed by atoms with E-state index in [1.54, 1.807) is 4.90 Å². The molecule has 2 heterocycles. The number of carbonyl (C=O) groups excluding carboxylic acids is 1. The number of nitrogens with one attached hydrogen (secondary N) is 1. The third-order valence-corrected chi connectivity index (χ3v) is 3.58. The van der Waals surface area contributed by atoms with Crippen LogP contribution < -0.4 is 5.32 Å². The lowest BCUT2D eigenvalue weighted by Gasteiger charge is -2.35. The Morgan fingerprint density at radius 1 is 1.39 bits per heavy atom. The minimum absolute atomic E-state index is 0.0331. The van der Waals surface area contributed by atoms with Crippen LogP contribution in [0.5, 0.6) is 0 Å². The van der Waals surface area contributed by atoms with E-state index in [1.165, 1.54) is 0 Å². The summed E-state index contributed by atoms with van der Waals surface area (Å²) in [5, 5.41) is 12.1. The highest BCUT2D eigenvalue weighted by molar-refractivity contribution is 5.78. The maximum Gasteiger partial charge on any atom is 0.305 e. The molecule has 18 heavy (non-hydrogen) atoms. The predicted octanol–water partition coefficient (Wildman–Crippen LogP) is -0.312. The summed E-state index contributed by atoms with van der Waals surface area (Å²) in [6.07, 6.45) is 1.51. The van der Waals surface area contributed by atoms with Crippen molar-refractivity contribution in [1.29, 1.82) is 0 Å². The molecule has 0 aromatic carbocycles. The lowest BCUT2D eigenvalue weighted by atomic mass is 10.0. The minimum atomic E-state index is -0.883. The highest BCUT2D eigenvalue weighted by atomic mass is 16.5. The zero-order valence-corrected chi connectivity index (χ0v) is 10.4. The Kier molecular flexibility index (Phi) is 4.54. The van der Waals surface area contributed by atoms with Gasteiger partial charge in [-0.15, -0.1) is 0 Å². The topological polar surface area (TPSA) is 78.9 Å². The van der Waals surface area contributed by atoms with Crippen molar-refractivity contribution < 1.29 is 19.4 Å². The van der Waals surface area contributed by atoms with Crippen molar-refractivity contribution in [2.24, 2.45) is 5.92 Å². The molecule has 0 aliphatic carbocycles. The fourth-order valence-corrected chi connectivity index (χ4v) is 2.61. The molecule has 6 nitrogen and oxygen atoms in total. The van der Waals surface area contributed by atoms with E-state index in [-0.39, 0.29) is 18.4 Å².